The third kappa shape index (κ3) is 4.55. The Morgan fingerprint density at radius 2 is 2.07 bits per heavy atom. The van der Waals surface area contributed by atoms with Gasteiger partial charge in [-0.2, -0.15) is 10.1 Å². The summed E-state index contributed by atoms with van der Waals surface area (Å²) in [6.07, 6.45) is 1.66. The number of rotatable bonds is 6. The van der Waals surface area contributed by atoms with Gasteiger partial charge in [0, 0.05) is 4.47 Å². The number of anilines is 1. The molecule has 4 aromatic rings. The van der Waals surface area contributed by atoms with Gasteiger partial charge in [0.2, 0.25) is 5.13 Å². The Morgan fingerprint density at radius 3 is 2.79 bits per heavy atom. The number of hydrazone groups is 1. The van der Waals surface area contributed by atoms with Gasteiger partial charge in [-0.3, -0.25) is 4.79 Å². The number of halogens is 1. The molecule has 0 saturated carbocycles. The van der Waals surface area contributed by atoms with Crippen molar-refractivity contribution in [2.24, 2.45) is 5.10 Å². The van der Waals surface area contributed by atoms with E-state index in [-0.39, 0.29) is 5.91 Å². The van der Waals surface area contributed by atoms with E-state index in [4.69, 9.17) is 4.74 Å². The number of aromatic nitrogens is 1. The molecule has 29 heavy (non-hydrogen) atoms. The maximum atomic E-state index is 13.1. The summed E-state index contributed by atoms with van der Waals surface area (Å²) in [5.74, 6) is 0.591. The third-order valence-corrected chi connectivity index (χ3v) is 6.30. The number of ether oxygens (including phenoxy) is 1. The molecule has 2 aromatic heterocycles. The van der Waals surface area contributed by atoms with E-state index in [1.807, 2.05) is 60.8 Å². The minimum atomic E-state index is -0.208. The molecule has 0 saturated heterocycles. The van der Waals surface area contributed by atoms with Crippen molar-refractivity contribution in [1.29, 1.82) is 0 Å². The summed E-state index contributed by atoms with van der Waals surface area (Å²) in [6, 6.07) is 17.0. The van der Waals surface area contributed by atoms with Crippen LogP contribution in [0.2, 0.25) is 0 Å². The Morgan fingerprint density at radius 1 is 1.24 bits per heavy atom. The second-order valence-corrected chi connectivity index (χ2v) is 8.82. The number of carbonyl (C=O) groups is 1. The largest absolute Gasteiger partial charge is 0.494 e. The maximum absolute atomic E-state index is 13.1. The van der Waals surface area contributed by atoms with Crippen LogP contribution in [0.3, 0.4) is 0 Å². The molecule has 0 N–H and O–H groups in total. The summed E-state index contributed by atoms with van der Waals surface area (Å²) >= 11 is 6.28. The van der Waals surface area contributed by atoms with Gasteiger partial charge in [0.1, 0.15) is 5.75 Å². The minimum absolute atomic E-state index is 0.208. The van der Waals surface area contributed by atoms with Crippen LogP contribution in [0.1, 0.15) is 22.2 Å². The number of carbonyl (C=O) groups excluding carboxylic acids is 1. The first-order valence-corrected chi connectivity index (χ1v) is 11.3. The van der Waals surface area contributed by atoms with Crippen molar-refractivity contribution in [3.63, 3.8) is 0 Å². The molecule has 2 aromatic carbocycles. The van der Waals surface area contributed by atoms with Crippen molar-refractivity contribution in [3.8, 4) is 5.75 Å². The van der Waals surface area contributed by atoms with Crippen LogP contribution >= 0.6 is 38.6 Å². The minimum Gasteiger partial charge on any atom is -0.494 e. The molecule has 0 spiro atoms. The molecule has 2 heterocycles. The molecular formula is C21H16BrN3O2S2. The lowest BCUT2D eigenvalue weighted by atomic mass is 10.2. The van der Waals surface area contributed by atoms with Crippen LogP contribution in [0.5, 0.6) is 5.75 Å². The molecule has 0 radical (unpaired) electrons. The highest BCUT2D eigenvalue weighted by Gasteiger charge is 2.21. The van der Waals surface area contributed by atoms with Crippen molar-refractivity contribution < 1.29 is 9.53 Å². The lowest BCUT2D eigenvalue weighted by Gasteiger charge is -2.12. The fourth-order valence-electron chi connectivity index (χ4n) is 2.61. The van der Waals surface area contributed by atoms with Crippen molar-refractivity contribution in [2.75, 3.05) is 11.6 Å². The number of fused-ring (bicyclic) bond motifs is 1. The van der Waals surface area contributed by atoms with Gasteiger partial charge >= 0.3 is 0 Å². The van der Waals surface area contributed by atoms with Crippen molar-refractivity contribution >= 4 is 66.1 Å². The van der Waals surface area contributed by atoms with Crippen molar-refractivity contribution in [2.45, 2.75) is 6.92 Å². The number of benzene rings is 2. The zero-order valence-corrected chi connectivity index (χ0v) is 18.6. The Bertz CT molecular complexity index is 1150. The second kappa shape index (κ2) is 8.86. The van der Waals surface area contributed by atoms with E-state index < -0.39 is 0 Å². The smallest absolute Gasteiger partial charge is 0.290 e. The molecule has 4 rings (SSSR count). The quantitative estimate of drug-likeness (QED) is 0.241. The van der Waals surface area contributed by atoms with Gasteiger partial charge in [-0.25, -0.2) is 4.98 Å². The predicted octanol–water partition coefficient (Wildman–Crippen LogP) is 6.20. The van der Waals surface area contributed by atoms with Crippen LogP contribution < -0.4 is 9.75 Å². The van der Waals surface area contributed by atoms with Crippen molar-refractivity contribution in [3.05, 3.63) is 74.9 Å². The molecule has 0 aliphatic heterocycles. The molecule has 1 amide bonds. The monoisotopic (exact) mass is 485 g/mol. The van der Waals surface area contributed by atoms with Crippen LogP contribution in [-0.2, 0) is 0 Å². The number of nitrogens with zero attached hydrogens (tertiary/aromatic N) is 3. The van der Waals surface area contributed by atoms with E-state index in [1.165, 1.54) is 27.7 Å². The molecular weight excluding hydrogens is 470 g/mol. The van der Waals surface area contributed by atoms with E-state index >= 15 is 0 Å². The number of hydrogen-bond donors (Lipinski definition) is 0. The van der Waals surface area contributed by atoms with Gasteiger partial charge in [0.15, 0.2) is 0 Å². The van der Waals surface area contributed by atoms with Crippen LogP contribution in [0.25, 0.3) is 10.2 Å². The average molecular weight is 486 g/mol. The third-order valence-electron chi connectivity index (χ3n) is 3.96. The lowest BCUT2D eigenvalue weighted by Crippen LogP contribution is -2.24. The van der Waals surface area contributed by atoms with Crippen LogP contribution in [0.4, 0.5) is 5.13 Å². The molecule has 0 unspecified atom stereocenters. The topological polar surface area (TPSA) is 54.8 Å². The first-order chi connectivity index (χ1) is 14.1. The zero-order chi connectivity index (χ0) is 20.2. The first kappa shape index (κ1) is 19.8. The van der Waals surface area contributed by atoms with Gasteiger partial charge in [0.05, 0.1) is 27.9 Å². The molecule has 0 fully saturated rings. The molecule has 0 aliphatic rings. The van der Waals surface area contributed by atoms with Gasteiger partial charge in [-0.1, -0.05) is 33.3 Å². The van der Waals surface area contributed by atoms with Gasteiger partial charge in [-0.15, -0.1) is 11.3 Å². The highest BCUT2D eigenvalue weighted by molar-refractivity contribution is 9.10. The summed E-state index contributed by atoms with van der Waals surface area (Å²) in [4.78, 5) is 18.3. The summed E-state index contributed by atoms with van der Waals surface area (Å²) < 4.78 is 7.41. The normalized spacial score (nSPS) is 11.2. The summed E-state index contributed by atoms with van der Waals surface area (Å²) in [6.45, 7) is 2.56. The Hall–Kier alpha value is -2.55. The van der Waals surface area contributed by atoms with E-state index in [2.05, 4.69) is 26.0 Å². The van der Waals surface area contributed by atoms with E-state index in [0.29, 0.717) is 16.6 Å². The molecule has 0 aliphatic carbocycles. The second-order valence-electron chi connectivity index (χ2n) is 5.95. The van der Waals surface area contributed by atoms with Gasteiger partial charge < -0.3 is 4.74 Å². The molecule has 0 atom stereocenters. The number of thiophene rings is 1. The summed E-state index contributed by atoms with van der Waals surface area (Å²) in [5.41, 5.74) is 1.69. The molecule has 0 bridgehead atoms. The first-order valence-electron chi connectivity index (χ1n) is 8.85. The summed E-state index contributed by atoms with van der Waals surface area (Å²) in [7, 11) is 0. The number of amides is 1. The SMILES string of the molecule is CCOc1ccc(/C=N/N(C(=O)c2cccs2)c2nc3ccc(Br)cc3s2)cc1. The average Bonchev–Trinajstić information content (AvgIpc) is 3.39. The van der Waals surface area contributed by atoms with Crippen molar-refractivity contribution in [1.82, 2.24) is 4.98 Å². The highest BCUT2D eigenvalue weighted by Crippen LogP contribution is 2.32. The van der Waals surface area contributed by atoms with Crippen LogP contribution in [0, 0.1) is 0 Å². The molecule has 8 heteroatoms. The fraction of sp³-hybridized carbons (Fsp3) is 0.0952. The summed E-state index contributed by atoms with van der Waals surface area (Å²) in [5, 5.41) is 8.23. The maximum Gasteiger partial charge on any atom is 0.290 e. The molecule has 5 nitrogen and oxygen atoms in total. The molecule has 146 valence electrons. The van der Waals surface area contributed by atoms with E-state index in [9.17, 15) is 4.79 Å². The predicted molar refractivity (Wildman–Crippen MR) is 124 cm³/mol. The Labute approximate surface area is 184 Å². The van der Waals surface area contributed by atoms with E-state index in [1.54, 1.807) is 12.3 Å². The van der Waals surface area contributed by atoms with E-state index in [0.717, 1.165) is 26.0 Å². The van der Waals surface area contributed by atoms with Gasteiger partial charge in [0.25, 0.3) is 5.91 Å². The highest BCUT2D eigenvalue weighted by atomic mass is 79.9. The number of thiazole rings is 1. The lowest BCUT2D eigenvalue weighted by molar-refractivity contribution is 0.0991. The standard InChI is InChI=1S/C21H16BrN3O2S2/c1-2-27-16-8-5-14(6-9-16)13-23-25(20(26)18-4-3-11-28-18)21-24-17-10-7-15(22)12-19(17)29-21/h3-13H,2H2,1H3/b23-13+. The van der Waals surface area contributed by atoms with Crippen LogP contribution in [-0.4, -0.2) is 23.7 Å². The number of hydrogen-bond acceptors (Lipinski definition) is 6. The Balaban J connectivity index is 1.68. The zero-order valence-electron chi connectivity index (χ0n) is 15.4. The Kier molecular flexibility index (Phi) is 6.03. The van der Waals surface area contributed by atoms with Crippen LogP contribution in [0.15, 0.2) is 69.6 Å². The fourth-order valence-corrected chi connectivity index (χ4v) is 4.73. The van der Waals surface area contributed by atoms with Gasteiger partial charge in [-0.05, 0) is 66.4 Å².